The van der Waals surface area contributed by atoms with Crippen LogP contribution in [0.15, 0.2) is 12.1 Å². The summed E-state index contributed by atoms with van der Waals surface area (Å²) in [5, 5.41) is 16.5. The number of nitrogens with zero attached hydrogens (tertiary/aromatic N) is 2. The third-order valence-electron chi connectivity index (χ3n) is 3.30. The highest BCUT2D eigenvalue weighted by atomic mass is 32.1. The number of carboxylic acids is 1. The van der Waals surface area contributed by atoms with Crippen molar-refractivity contribution in [2.45, 2.75) is 33.4 Å². The minimum atomic E-state index is -0.784. The first-order valence-corrected chi connectivity index (χ1v) is 7.28. The van der Waals surface area contributed by atoms with Crippen LogP contribution in [-0.2, 0) is 31.4 Å². The number of carboxylic acid groups (broad SMARTS) is 1. The minimum absolute atomic E-state index is 0.103. The van der Waals surface area contributed by atoms with Crippen LogP contribution in [0.3, 0.4) is 0 Å². The molecule has 0 radical (unpaired) electrons. The second-order valence-corrected chi connectivity index (χ2v) is 6.07. The van der Waals surface area contributed by atoms with E-state index >= 15 is 0 Å². The van der Waals surface area contributed by atoms with Gasteiger partial charge in [-0.15, -0.1) is 11.3 Å². The van der Waals surface area contributed by atoms with Crippen molar-refractivity contribution < 1.29 is 9.90 Å². The Hall–Kier alpha value is -1.66. The monoisotopic (exact) mass is 293 g/mol. The number of rotatable bonds is 6. The molecule has 0 spiro atoms. The first-order chi connectivity index (χ1) is 9.47. The summed E-state index contributed by atoms with van der Waals surface area (Å²) in [4.78, 5) is 12.7. The van der Waals surface area contributed by atoms with E-state index in [4.69, 9.17) is 5.11 Å². The molecule has 0 aliphatic rings. The fourth-order valence-corrected chi connectivity index (χ4v) is 3.12. The molecule has 2 aromatic rings. The Morgan fingerprint density at radius 1 is 1.35 bits per heavy atom. The number of nitrogens with one attached hydrogen (secondary N) is 1. The fraction of sp³-hybridized carbons (Fsp3) is 0.429. The smallest absolute Gasteiger partial charge is 0.308 e. The average molecular weight is 293 g/mol. The second kappa shape index (κ2) is 6.19. The van der Waals surface area contributed by atoms with Crippen molar-refractivity contribution in [1.29, 1.82) is 0 Å². The van der Waals surface area contributed by atoms with Gasteiger partial charge in [-0.3, -0.25) is 9.48 Å². The molecule has 0 atom stereocenters. The zero-order valence-corrected chi connectivity index (χ0v) is 12.8. The van der Waals surface area contributed by atoms with E-state index in [0.29, 0.717) is 0 Å². The largest absolute Gasteiger partial charge is 0.481 e. The summed E-state index contributed by atoms with van der Waals surface area (Å²) < 4.78 is 1.89. The lowest BCUT2D eigenvalue weighted by molar-refractivity contribution is -0.136. The molecule has 2 aromatic heterocycles. The molecule has 2 N–H and O–H groups in total. The first-order valence-electron chi connectivity index (χ1n) is 6.46. The van der Waals surface area contributed by atoms with E-state index in [1.807, 2.05) is 30.8 Å². The number of aryl methyl sites for hydroxylation is 2. The summed E-state index contributed by atoms with van der Waals surface area (Å²) in [6.45, 7) is 5.60. The van der Waals surface area contributed by atoms with Gasteiger partial charge >= 0.3 is 5.97 Å². The lowest BCUT2D eigenvalue weighted by Crippen LogP contribution is -2.13. The third-order valence-corrected chi connectivity index (χ3v) is 4.39. The number of thiophene rings is 1. The Morgan fingerprint density at radius 3 is 2.65 bits per heavy atom. The number of hydrogen-bond donors (Lipinski definition) is 2. The lowest BCUT2D eigenvalue weighted by Gasteiger charge is -2.04. The van der Waals surface area contributed by atoms with Gasteiger partial charge < -0.3 is 10.4 Å². The van der Waals surface area contributed by atoms with Gasteiger partial charge in [0.05, 0.1) is 12.1 Å². The van der Waals surface area contributed by atoms with Crippen molar-refractivity contribution in [2.24, 2.45) is 7.05 Å². The number of hydrogen-bond acceptors (Lipinski definition) is 4. The Labute approximate surface area is 122 Å². The molecule has 6 heteroatoms. The van der Waals surface area contributed by atoms with Gasteiger partial charge in [0.2, 0.25) is 0 Å². The number of aromatic nitrogens is 2. The normalized spacial score (nSPS) is 10.9. The molecule has 20 heavy (non-hydrogen) atoms. The van der Waals surface area contributed by atoms with Crippen molar-refractivity contribution in [3.05, 3.63) is 38.8 Å². The molecule has 0 amide bonds. The van der Waals surface area contributed by atoms with E-state index in [-0.39, 0.29) is 6.42 Å². The number of carbonyl (C=O) groups is 1. The fourth-order valence-electron chi connectivity index (χ4n) is 2.15. The topological polar surface area (TPSA) is 67.2 Å². The lowest BCUT2D eigenvalue weighted by atomic mass is 10.2. The van der Waals surface area contributed by atoms with Crippen molar-refractivity contribution in [3.63, 3.8) is 0 Å². The SMILES string of the molecule is Cc1nn(C)c(C)c1CNCc1ccc(CC(=O)O)s1. The Morgan fingerprint density at radius 2 is 2.05 bits per heavy atom. The summed E-state index contributed by atoms with van der Waals surface area (Å²) in [7, 11) is 1.95. The quantitative estimate of drug-likeness (QED) is 0.855. The number of aliphatic carboxylic acids is 1. The highest BCUT2D eigenvalue weighted by Crippen LogP contribution is 2.17. The van der Waals surface area contributed by atoms with Crippen molar-refractivity contribution in [2.75, 3.05) is 0 Å². The van der Waals surface area contributed by atoms with Crippen LogP contribution < -0.4 is 5.32 Å². The van der Waals surface area contributed by atoms with Crippen LogP contribution in [0.5, 0.6) is 0 Å². The van der Waals surface area contributed by atoms with Crippen molar-refractivity contribution in [1.82, 2.24) is 15.1 Å². The molecule has 0 unspecified atom stereocenters. The van der Waals surface area contributed by atoms with Gasteiger partial charge in [-0.25, -0.2) is 0 Å². The molecule has 0 saturated heterocycles. The molecular formula is C14H19N3O2S. The van der Waals surface area contributed by atoms with Crippen LogP contribution in [0.2, 0.25) is 0 Å². The van der Waals surface area contributed by atoms with Gasteiger partial charge in [0.25, 0.3) is 0 Å². The van der Waals surface area contributed by atoms with Gasteiger partial charge in [-0.1, -0.05) is 0 Å². The zero-order valence-electron chi connectivity index (χ0n) is 11.9. The molecule has 2 rings (SSSR count). The van der Waals surface area contributed by atoms with Gasteiger partial charge in [0.1, 0.15) is 0 Å². The Bertz CT molecular complexity index is 616. The molecule has 0 bridgehead atoms. The zero-order chi connectivity index (χ0) is 14.7. The van der Waals surface area contributed by atoms with Gasteiger partial charge in [-0.2, -0.15) is 5.10 Å². The highest BCUT2D eigenvalue weighted by molar-refractivity contribution is 7.12. The molecule has 108 valence electrons. The molecule has 0 saturated carbocycles. The predicted molar refractivity (Wildman–Crippen MR) is 78.9 cm³/mol. The molecule has 0 aliphatic carbocycles. The summed E-state index contributed by atoms with van der Waals surface area (Å²) >= 11 is 1.55. The highest BCUT2D eigenvalue weighted by Gasteiger charge is 2.09. The molecule has 0 fully saturated rings. The van der Waals surface area contributed by atoms with Crippen LogP contribution in [0, 0.1) is 13.8 Å². The summed E-state index contributed by atoms with van der Waals surface area (Å²) in [5.41, 5.74) is 3.46. The minimum Gasteiger partial charge on any atom is -0.481 e. The maximum absolute atomic E-state index is 10.6. The van der Waals surface area contributed by atoms with Crippen LogP contribution in [0.1, 0.15) is 26.7 Å². The van der Waals surface area contributed by atoms with E-state index < -0.39 is 5.97 Å². The maximum Gasteiger partial charge on any atom is 0.308 e. The van der Waals surface area contributed by atoms with E-state index in [9.17, 15) is 4.79 Å². The Balaban J connectivity index is 1.89. The van der Waals surface area contributed by atoms with Crippen LogP contribution in [-0.4, -0.2) is 20.9 Å². The van der Waals surface area contributed by atoms with Crippen molar-refractivity contribution in [3.8, 4) is 0 Å². The van der Waals surface area contributed by atoms with Crippen LogP contribution in [0.25, 0.3) is 0 Å². The standard InChI is InChI=1S/C14H19N3O2S/c1-9-13(10(2)17(3)16-9)8-15-7-12-5-4-11(20-12)6-14(18)19/h4-5,15H,6-8H2,1-3H3,(H,18,19). The van der Waals surface area contributed by atoms with E-state index in [1.54, 1.807) is 11.3 Å². The summed E-state index contributed by atoms with van der Waals surface area (Å²) in [5.74, 6) is -0.784. The van der Waals surface area contributed by atoms with E-state index in [2.05, 4.69) is 17.3 Å². The molecule has 0 aliphatic heterocycles. The van der Waals surface area contributed by atoms with E-state index in [0.717, 1.165) is 28.5 Å². The van der Waals surface area contributed by atoms with Crippen LogP contribution >= 0.6 is 11.3 Å². The molecule has 2 heterocycles. The van der Waals surface area contributed by atoms with Crippen molar-refractivity contribution >= 4 is 17.3 Å². The molecular weight excluding hydrogens is 274 g/mol. The first kappa shape index (κ1) is 14.7. The predicted octanol–water partition coefficient (Wildman–Crippen LogP) is 2.02. The molecule has 5 nitrogen and oxygen atoms in total. The summed E-state index contributed by atoms with van der Waals surface area (Å²) in [6.07, 6.45) is 0.103. The third kappa shape index (κ3) is 3.46. The maximum atomic E-state index is 10.6. The summed E-state index contributed by atoms with van der Waals surface area (Å²) in [6, 6.07) is 3.87. The van der Waals surface area contributed by atoms with Crippen LogP contribution in [0.4, 0.5) is 0 Å². The second-order valence-electron chi connectivity index (χ2n) is 4.82. The van der Waals surface area contributed by atoms with Gasteiger partial charge in [-0.05, 0) is 26.0 Å². The Kier molecular flexibility index (Phi) is 4.57. The van der Waals surface area contributed by atoms with Gasteiger partial charge in [0.15, 0.2) is 0 Å². The van der Waals surface area contributed by atoms with Gasteiger partial charge in [0, 0.05) is 41.1 Å². The average Bonchev–Trinajstić information content (AvgIpc) is 2.88. The molecule has 0 aromatic carbocycles. The van der Waals surface area contributed by atoms with E-state index in [1.165, 1.54) is 11.3 Å².